The van der Waals surface area contributed by atoms with Crippen LogP contribution in [-0.4, -0.2) is 31.9 Å². The summed E-state index contributed by atoms with van der Waals surface area (Å²) in [5.41, 5.74) is 3.62. The lowest BCUT2D eigenvalue weighted by Crippen LogP contribution is -2.43. The molecular weight excluding hydrogens is 428 g/mol. The van der Waals surface area contributed by atoms with Gasteiger partial charge in [0.2, 0.25) is 0 Å². The van der Waals surface area contributed by atoms with Crippen LogP contribution in [0.4, 0.5) is 0 Å². The molecular formula is C28H36O2SSi. The van der Waals surface area contributed by atoms with Crippen LogP contribution in [0.25, 0.3) is 0 Å². The molecule has 2 nitrogen and oxygen atoms in total. The van der Waals surface area contributed by atoms with E-state index < -0.39 is 19.2 Å². The van der Waals surface area contributed by atoms with Crippen LogP contribution < -0.4 is 0 Å². The zero-order valence-electron chi connectivity index (χ0n) is 19.9. The monoisotopic (exact) mass is 464 g/mol. The number of hydrogen-bond acceptors (Lipinski definition) is 3. The highest BCUT2D eigenvalue weighted by Crippen LogP contribution is 2.48. The first-order valence-corrected chi connectivity index (χ1v) is 15.2. The molecule has 3 rings (SSSR count). The molecule has 0 aliphatic rings. The third-order valence-electron chi connectivity index (χ3n) is 6.48. The molecule has 1 atom stereocenters. The molecule has 170 valence electrons. The Bertz CT molecular complexity index is 856. The zero-order valence-corrected chi connectivity index (χ0v) is 21.7. The number of thioether (sulfide) groups is 1. The van der Waals surface area contributed by atoms with Gasteiger partial charge in [0.05, 0.1) is 17.5 Å². The lowest BCUT2D eigenvalue weighted by atomic mass is 9.84. The highest BCUT2D eigenvalue weighted by atomic mass is 32.2. The summed E-state index contributed by atoms with van der Waals surface area (Å²) in [6, 6.07) is 31.8. The van der Waals surface area contributed by atoms with Gasteiger partial charge in [-0.2, -0.15) is 0 Å². The van der Waals surface area contributed by atoms with E-state index in [2.05, 4.69) is 125 Å². The van der Waals surface area contributed by atoms with E-state index in [1.165, 1.54) is 16.7 Å². The fourth-order valence-electron chi connectivity index (χ4n) is 3.56. The standard InChI is InChI=1S/C28H36O2SSi/c1-27(2,3)32(4,5)30-21-26(29)22-31-28(23-15-9-6-10-16-23,24-17-11-7-12-18-24)25-19-13-8-14-20-25/h6-20,26,29H,21-22H2,1-5H3/t26-/m1/s1. The Morgan fingerprint density at radius 1 is 0.750 bits per heavy atom. The van der Waals surface area contributed by atoms with Crippen molar-refractivity contribution < 1.29 is 9.53 Å². The largest absolute Gasteiger partial charge is 0.414 e. The van der Waals surface area contributed by atoms with Crippen molar-refractivity contribution in [1.82, 2.24) is 0 Å². The van der Waals surface area contributed by atoms with Gasteiger partial charge in [-0.3, -0.25) is 0 Å². The fraction of sp³-hybridized carbons (Fsp3) is 0.357. The van der Waals surface area contributed by atoms with E-state index in [9.17, 15) is 5.11 Å². The second-order valence-electron chi connectivity index (χ2n) is 9.82. The maximum absolute atomic E-state index is 11.0. The van der Waals surface area contributed by atoms with Gasteiger partial charge in [-0.25, -0.2) is 0 Å². The molecule has 0 spiro atoms. The van der Waals surface area contributed by atoms with Crippen molar-refractivity contribution in [2.45, 2.75) is 49.8 Å². The Morgan fingerprint density at radius 2 is 1.12 bits per heavy atom. The molecule has 0 fully saturated rings. The molecule has 0 radical (unpaired) electrons. The fourth-order valence-corrected chi connectivity index (χ4v) is 6.05. The van der Waals surface area contributed by atoms with E-state index >= 15 is 0 Å². The van der Waals surface area contributed by atoms with Gasteiger partial charge >= 0.3 is 0 Å². The highest BCUT2D eigenvalue weighted by molar-refractivity contribution is 8.00. The second kappa shape index (κ2) is 10.4. The van der Waals surface area contributed by atoms with E-state index in [1.807, 2.05) is 0 Å². The van der Waals surface area contributed by atoms with Gasteiger partial charge in [0.15, 0.2) is 8.32 Å². The molecule has 32 heavy (non-hydrogen) atoms. The van der Waals surface area contributed by atoms with Crippen molar-refractivity contribution >= 4 is 20.1 Å². The third-order valence-corrected chi connectivity index (χ3v) is 12.7. The number of hydrogen-bond donors (Lipinski definition) is 1. The van der Waals surface area contributed by atoms with Crippen molar-refractivity contribution in [3.8, 4) is 0 Å². The average molecular weight is 465 g/mol. The van der Waals surface area contributed by atoms with E-state index in [1.54, 1.807) is 11.8 Å². The third kappa shape index (κ3) is 5.55. The quantitative estimate of drug-likeness (QED) is 0.271. The summed E-state index contributed by atoms with van der Waals surface area (Å²) < 4.78 is 5.90. The van der Waals surface area contributed by atoms with Gasteiger partial charge < -0.3 is 9.53 Å². The molecule has 1 N–H and O–H groups in total. The van der Waals surface area contributed by atoms with Crippen molar-refractivity contribution in [1.29, 1.82) is 0 Å². The maximum atomic E-state index is 11.0. The van der Waals surface area contributed by atoms with E-state index in [4.69, 9.17) is 4.43 Å². The molecule has 0 bridgehead atoms. The smallest absolute Gasteiger partial charge is 0.192 e. The SMILES string of the molecule is CC(C)(C)[Si](C)(C)OC[C@@H](O)CSC(c1ccccc1)(c1ccccc1)c1ccccc1. The molecule has 0 aliphatic heterocycles. The van der Waals surface area contributed by atoms with Crippen molar-refractivity contribution in [2.75, 3.05) is 12.4 Å². The molecule has 3 aromatic carbocycles. The Hall–Kier alpha value is -1.85. The first-order chi connectivity index (χ1) is 15.2. The van der Waals surface area contributed by atoms with Crippen molar-refractivity contribution in [2.24, 2.45) is 0 Å². The summed E-state index contributed by atoms with van der Waals surface area (Å²) in [6.07, 6.45) is -0.537. The van der Waals surface area contributed by atoms with Gasteiger partial charge in [0.25, 0.3) is 0 Å². The van der Waals surface area contributed by atoms with Gasteiger partial charge in [-0.1, -0.05) is 112 Å². The second-order valence-corrected chi connectivity index (χ2v) is 15.9. The number of aliphatic hydroxyl groups excluding tert-OH is 1. The Morgan fingerprint density at radius 3 is 1.47 bits per heavy atom. The first kappa shape index (κ1) is 24.8. The molecule has 3 aromatic rings. The molecule has 0 unspecified atom stereocenters. The van der Waals surface area contributed by atoms with Crippen LogP contribution in [0.2, 0.25) is 18.1 Å². The number of benzene rings is 3. The van der Waals surface area contributed by atoms with E-state index in [-0.39, 0.29) is 5.04 Å². The summed E-state index contributed by atoms with van der Waals surface area (Å²) in [7, 11) is -1.90. The summed E-state index contributed by atoms with van der Waals surface area (Å²) in [6.45, 7) is 11.5. The van der Waals surface area contributed by atoms with Crippen LogP contribution in [0.15, 0.2) is 91.0 Å². The summed E-state index contributed by atoms with van der Waals surface area (Å²) in [5, 5.41) is 11.1. The summed E-state index contributed by atoms with van der Waals surface area (Å²) in [4.78, 5) is 0. The molecule has 0 amide bonds. The molecule has 0 aliphatic carbocycles. The Kier molecular flexibility index (Phi) is 8.05. The maximum Gasteiger partial charge on any atom is 0.192 e. The van der Waals surface area contributed by atoms with E-state index in [0.717, 1.165) is 0 Å². The van der Waals surface area contributed by atoms with Gasteiger partial charge in [0, 0.05) is 5.75 Å². The molecule has 0 saturated carbocycles. The van der Waals surface area contributed by atoms with Crippen LogP contribution in [0.5, 0.6) is 0 Å². The first-order valence-electron chi connectivity index (χ1n) is 11.3. The summed E-state index contributed by atoms with van der Waals surface area (Å²) >= 11 is 1.78. The van der Waals surface area contributed by atoms with Crippen LogP contribution in [0.3, 0.4) is 0 Å². The van der Waals surface area contributed by atoms with Crippen LogP contribution >= 0.6 is 11.8 Å². The number of rotatable bonds is 9. The number of aliphatic hydroxyl groups is 1. The van der Waals surface area contributed by atoms with Crippen LogP contribution in [0.1, 0.15) is 37.5 Å². The van der Waals surface area contributed by atoms with Gasteiger partial charge in [0.1, 0.15) is 0 Å². The predicted molar refractivity (Wildman–Crippen MR) is 141 cm³/mol. The molecule has 4 heteroatoms. The van der Waals surface area contributed by atoms with E-state index in [0.29, 0.717) is 12.4 Å². The lowest BCUT2D eigenvalue weighted by Gasteiger charge is -2.38. The topological polar surface area (TPSA) is 29.5 Å². The summed E-state index contributed by atoms with van der Waals surface area (Å²) in [5.74, 6) is 0.577. The van der Waals surface area contributed by atoms with Crippen LogP contribution in [-0.2, 0) is 9.17 Å². The molecule has 0 aromatic heterocycles. The minimum Gasteiger partial charge on any atom is -0.414 e. The van der Waals surface area contributed by atoms with Gasteiger partial charge in [-0.05, 0) is 34.8 Å². The zero-order chi connectivity index (χ0) is 23.2. The minimum atomic E-state index is -1.90. The Labute approximate surface area is 199 Å². The highest BCUT2D eigenvalue weighted by Gasteiger charge is 2.39. The molecule has 0 heterocycles. The minimum absolute atomic E-state index is 0.127. The van der Waals surface area contributed by atoms with Gasteiger partial charge in [-0.15, -0.1) is 11.8 Å². The van der Waals surface area contributed by atoms with Crippen LogP contribution in [0, 0.1) is 0 Å². The molecule has 0 saturated heterocycles. The lowest BCUT2D eigenvalue weighted by molar-refractivity contribution is 0.118. The van der Waals surface area contributed by atoms with Crippen molar-refractivity contribution in [3.05, 3.63) is 108 Å². The predicted octanol–water partition coefficient (Wildman–Crippen LogP) is 7.09. The van der Waals surface area contributed by atoms with Crippen molar-refractivity contribution in [3.63, 3.8) is 0 Å². The Balaban J connectivity index is 1.94. The normalized spacial score (nSPS) is 13.7. The average Bonchev–Trinajstić information content (AvgIpc) is 2.79.